The first-order valence-electron chi connectivity index (χ1n) is 10.1. The third kappa shape index (κ3) is 5.12. The summed E-state index contributed by atoms with van der Waals surface area (Å²) in [6.07, 6.45) is 0. The average Bonchev–Trinajstić information content (AvgIpc) is 3.29. The van der Waals surface area contributed by atoms with E-state index >= 15 is 0 Å². The summed E-state index contributed by atoms with van der Waals surface area (Å²) >= 11 is 0. The van der Waals surface area contributed by atoms with E-state index in [1.807, 2.05) is 0 Å². The van der Waals surface area contributed by atoms with E-state index in [-0.39, 0.29) is 29.6 Å². The number of benzene rings is 2. The number of sulfonamides is 1. The number of nitro benzene ring substituents is 1. The summed E-state index contributed by atoms with van der Waals surface area (Å²) < 4.78 is 44.9. The normalized spacial score (nSPS) is 11.4. The summed E-state index contributed by atoms with van der Waals surface area (Å²) in [5, 5.41) is 23.4. The lowest BCUT2D eigenvalue weighted by molar-refractivity contribution is -0.384. The first-order valence-corrected chi connectivity index (χ1v) is 11.6. The molecule has 35 heavy (non-hydrogen) atoms. The summed E-state index contributed by atoms with van der Waals surface area (Å²) in [5.74, 6) is 1.78. The van der Waals surface area contributed by atoms with Crippen molar-refractivity contribution >= 4 is 21.4 Å². The SMILES string of the molecule is COc1ccc(-c2nnc3ccc(OCCNS(=O)(=O)c4ccc([N+](=O)[O-])cc4)nn23)c(OC)c1. The molecule has 2 heterocycles. The third-order valence-corrected chi connectivity index (χ3v) is 6.37. The van der Waals surface area contributed by atoms with Crippen LogP contribution in [0.3, 0.4) is 0 Å². The van der Waals surface area contributed by atoms with Gasteiger partial charge in [-0.3, -0.25) is 10.1 Å². The van der Waals surface area contributed by atoms with Crippen molar-refractivity contribution < 1.29 is 27.6 Å². The van der Waals surface area contributed by atoms with Gasteiger partial charge in [-0.25, -0.2) is 13.1 Å². The quantitative estimate of drug-likeness (QED) is 0.194. The van der Waals surface area contributed by atoms with Gasteiger partial charge in [0.1, 0.15) is 18.1 Å². The van der Waals surface area contributed by atoms with Gasteiger partial charge >= 0.3 is 0 Å². The maximum atomic E-state index is 12.4. The molecule has 4 aromatic rings. The summed E-state index contributed by atoms with van der Waals surface area (Å²) in [6, 6.07) is 13.1. The van der Waals surface area contributed by atoms with Gasteiger partial charge in [0, 0.05) is 30.8 Å². The molecule has 0 aliphatic heterocycles. The predicted molar refractivity (Wildman–Crippen MR) is 123 cm³/mol. The molecule has 1 N–H and O–H groups in total. The maximum Gasteiger partial charge on any atom is 0.269 e. The Morgan fingerprint density at radius 3 is 2.49 bits per heavy atom. The van der Waals surface area contributed by atoms with Crippen molar-refractivity contribution in [1.29, 1.82) is 0 Å². The van der Waals surface area contributed by atoms with Crippen molar-refractivity contribution in [3.05, 3.63) is 64.7 Å². The molecule has 0 bridgehead atoms. The van der Waals surface area contributed by atoms with Gasteiger partial charge in [0.15, 0.2) is 11.5 Å². The van der Waals surface area contributed by atoms with Crippen molar-refractivity contribution in [3.8, 4) is 28.8 Å². The molecule has 0 saturated carbocycles. The molecular weight excluding hydrogens is 480 g/mol. The average molecular weight is 500 g/mol. The van der Waals surface area contributed by atoms with Crippen LogP contribution in [0.5, 0.6) is 17.4 Å². The third-order valence-electron chi connectivity index (χ3n) is 4.89. The molecule has 0 saturated heterocycles. The second-order valence-electron chi connectivity index (χ2n) is 7.03. The Labute approximate surface area is 199 Å². The zero-order valence-electron chi connectivity index (χ0n) is 18.6. The highest BCUT2D eigenvalue weighted by Gasteiger charge is 2.17. The van der Waals surface area contributed by atoms with Crippen LogP contribution in [-0.2, 0) is 10.0 Å². The van der Waals surface area contributed by atoms with Crippen molar-refractivity contribution in [2.75, 3.05) is 27.4 Å². The van der Waals surface area contributed by atoms with Gasteiger partial charge < -0.3 is 14.2 Å². The molecule has 0 amide bonds. The van der Waals surface area contributed by atoms with E-state index in [9.17, 15) is 18.5 Å². The number of hydrogen-bond donors (Lipinski definition) is 1. The van der Waals surface area contributed by atoms with Crippen molar-refractivity contribution in [2.45, 2.75) is 4.90 Å². The summed E-state index contributed by atoms with van der Waals surface area (Å²) in [6.45, 7) is -0.0750. The lowest BCUT2D eigenvalue weighted by Crippen LogP contribution is -2.28. The van der Waals surface area contributed by atoms with Gasteiger partial charge in [0.05, 0.1) is 29.6 Å². The Balaban J connectivity index is 1.45. The summed E-state index contributed by atoms with van der Waals surface area (Å²) in [5.41, 5.74) is 0.916. The van der Waals surface area contributed by atoms with Gasteiger partial charge in [-0.1, -0.05) is 0 Å². The standard InChI is InChI=1S/C21H20N6O7S/c1-32-15-5-8-17(18(13-15)33-2)21-24-23-19-9-10-20(25-26(19)21)34-12-11-22-35(30,31)16-6-3-14(4-7-16)27(28)29/h3-10,13,22H,11-12H2,1-2H3. The van der Waals surface area contributed by atoms with Gasteiger partial charge in [0.2, 0.25) is 15.9 Å². The second-order valence-corrected chi connectivity index (χ2v) is 8.80. The minimum atomic E-state index is -3.86. The molecule has 0 atom stereocenters. The van der Waals surface area contributed by atoms with E-state index in [0.717, 1.165) is 24.3 Å². The monoisotopic (exact) mass is 500 g/mol. The Morgan fingerprint density at radius 2 is 1.80 bits per heavy atom. The number of aromatic nitrogens is 4. The van der Waals surface area contributed by atoms with Gasteiger partial charge in [-0.15, -0.1) is 15.3 Å². The second kappa shape index (κ2) is 9.90. The van der Waals surface area contributed by atoms with Gasteiger partial charge in [0.25, 0.3) is 5.69 Å². The number of nitrogens with one attached hydrogen (secondary N) is 1. The highest BCUT2D eigenvalue weighted by Crippen LogP contribution is 2.32. The smallest absolute Gasteiger partial charge is 0.269 e. The van der Waals surface area contributed by atoms with E-state index in [1.54, 1.807) is 37.4 Å². The number of non-ortho nitro benzene ring substituents is 1. The number of nitro groups is 1. The number of hydrogen-bond acceptors (Lipinski definition) is 10. The zero-order chi connectivity index (χ0) is 25.0. The Kier molecular flexibility index (Phi) is 6.75. The minimum absolute atomic E-state index is 0.0198. The van der Waals surface area contributed by atoms with Crippen molar-refractivity contribution in [1.82, 2.24) is 24.5 Å². The van der Waals surface area contributed by atoms with Gasteiger partial charge in [-0.2, -0.15) is 4.52 Å². The molecule has 0 aliphatic rings. The fourth-order valence-corrected chi connectivity index (χ4v) is 4.18. The fraction of sp³-hybridized carbons (Fsp3) is 0.190. The van der Waals surface area contributed by atoms with Crippen LogP contribution >= 0.6 is 0 Å². The minimum Gasteiger partial charge on any atom is -0.497 e. The van der Waals surface area contributed by atoms with Crippen molar-refractivity contribution in [2.24, 2.45) is 0 Å². The lowest BCUT2D eigenvalue weighted by Gasteiger charge is -2.10. The Bertz CT molecular complexity index is 1470. The van der Waals surface area contributed by atoms with Crippen LogP contribution in [0.25, 0.3) is 17.0 Å². The number of nitrogens with zero attached hydrogens (tertiary/aromatic N) is 5. The zero-order valence-corrected chi connectivity index (χ0v) is 19.4. The molecule has 0 spiro atoms. The first kappa shape index (κ1) is 23.8. The van der Waals surface area contributed by atoms with Crippen LogP contribution in [0.1, 0.15) is 0 Å². The van der Waals surface area contributed by atoms with Gasteiger partial charge in [-0.05, 0) is 30.3 Å². The number of methoxy groups -OCH3 is 2. The van der Waals surface area contributed by atoms with E-state index in [4.69, 9.17) is 14.2 Å². The molecule has 0 fully saturated rings. The Hall–Kier alpha value is -4.30. The predicted octanol–water partition coefficient (Wildman–Crippen LogP) is 2.07. The number of rotatable bonds is 10. The molecule has 14 heteroatoms. The maximum absolute atomic E-state index is 12.4. The van der Waals surface area contributed by atoms with Crippen LogP contribution in [0.4, 0.5) is 5.69 Å². The molecule has 0 unspecified atom stereocenters. The molecule has 4 rings (SSSR count). The fourth-order valence-electron chi connectivity index (χ4n) is 3.16. The molecule has 2 aromatic heterocycles. The van der Waals surface area contributed by atoms with Crippen LogP contribution in [-0.4, -0.2) is 60.5 Å². The first-order chi connectivity index (χ1) is 16.8. The molecule has 13 nitrogen and oxygen atoms in total. The lowest BCUT2D eigenvalue weighted by atomic mass is 10.2. The van der Waals surface area contributed by atoms with E-state index in [2.05, 4.69) is 20.0 Å². The largest absolute Gasteiger partial charge is 0.497 e. The summed E-state index contributed by atoms with van der Waals surface area (Å²) in [7, 11) is -0.779. The molecule has 182 valence electrons. The number of ether oxygens (including phenoxy) is 3. The molecule has 2 aromatic carbocycles. The number of fused-ring (bicyclic) bond motifs is 1. The molecule has 0 aliphatic carbocycles. The topological polar surface area (TPSA) is 160 Å². The highest BCUT2D eigenvalue weighted by molar-refractivity contribution is 7.89. The Morgan fingerprint density at radius 1 is 1.03 bits per heavy atom. The van der Waals surface area contributed by atoms with E-state index in [1.165, 1.54) is 11.6 Å². The van der Waals surface area contributed by atoms with Crippen LogP contribution in [0.2, 0.25) is 0 Å². The van der Waals surface area contributed by atoms with E-state index < -0.39 is 14.9 Å². The molecule has 0 radical (unpaired) electrons. The molecular formula is C21H20N6O7S. The van der Waals surface area contributed by atoms with Crippen LogP contribution < -0.4 is 18.9 Å². The van der Waals surface area contributed by atoms with Crippen LogP contribution in [0, 0.1) is 10.1 Å². The highest BCUT2D eigenvalue weighted by atomic mass is 32.2. The summed E-state index contributed by atoms with van der Waals surface area (Å²) in [4.78, 5) is 10.0. The van der Waals surface area contributed by atoms with Crippen LogP contribution in [0.15, 0.2) is 59.5 Å². The van der Waals surface area contributed by atoms with Crippen molar-refractivity contribution in [3.63, 3.8) is 0 Å². The van der Waals surface area contributed by atoms with E-state index in [0.29, 0.717) is 28.5 Å².